The number of carbonyl (C=O) groups is 1. The van der Waals surface area contributed by atoms with Gasteiger partial charge < -0.3 is 20.2 Å². The number of amides is 1. The molecule has 0 saturated heterocycles. The van der Waals surface area contributed by atoms with E-state index in [2.05, 4.69) is 24.2 Å². The summed E-state index contributed by atoms with van der Waals surface area (Å²) in [5.41, 5.74) is 8.36. The highest BCUT2D eigenvalue weighted by Gasteiger charge is 2.13. The number of allylic oxidation sites excluding steroid dienone is 3. The van der Waals surface area contributed by atoms with Crippen LogP contribution in [0, 0.1) is 0 Å². The third-order valence-electron chi connectivity index (χ3n) is 4.91. The molecule has 0 bridgehead atoms. The minimum atomic E-state index is -0.282. The monoisotopic (exact) mass is 457 g/mol. The summed E-state index contributed by atoms with van der Waals surface area (Å²) in [6.45, 7) is 5.96. The molecule has 0 aliphatic carbocycles. The molecule has 0 radical (unpaired) electrons. The summed E-state index contributed by atoms with van der Waals surface area (Å²) in [7, 11) is 1.63. The molecule has 2 rings (SSSR count). The first kappa shape index (κ1) is 25.4. The predicted octanol–water partition coefficient (Wildman–Crippen LogP) is 5.29. The van der Waals surface area contributed by atoms with Gasteiger partial charge in [-0.2, -0.15) is 0 Å². The average Bonchev–Trinajstić information content (AvgIpc) is 3.26. The summed E-state index contributed by atoms with van der Waals surface area (Å²) < 4.78 is 11.4. The highest BCUT2D eigenvalue weighted by Crippen LogP contribution is 2.30. The smallest absolute Gasteiger partial charge is 0.239 e. The fraction of sp³-hybridized carbons (Fsp3) is 0.360. The van der Waals surface area contributed by atoms with Crippen molar-refractivity contribution in [2.45, 2.75) is 46.5 Å². The van der Waals surface area contributed by atoms with Crippen LogP contribution >= 0.6 is 11.6 Å². The van der Waals surface area contributed by atoms with Crippen molar-refractivity contribution in [1.29, 1.82) is 0 Å². The van der Waals surface area contributed by atoms with Crippen molar-refractivity contribution in [3.8, 4) is 5.75 Å². The number of benzene rings is 1. The molecule has 1 heterocycles. The lowest BCUT2D eigenvalue weighted by atomic mass is 10.0. The van der Waals surface area contributed by atoms with Gasteiger partial charge in [-0.3, -0.25) is 4.79 Å². The molecule has 0 fully saturated rings. The van der Waals surface area contributed by atoms with Crippen molar-refractivity contribution >= 4 is 29.3 Å². The zero-order valence-electron chi connectivity index (χ0n) is 19.2. The van der Waals surface area contributed by atoms with E-state index in [1.807, 2.05) is 43.3 Å². The summed E-state index contributed by atoms with van der Waals surface area (Å²) >= 11 is 6.51. The van der Waals surface area contributed by atoms with Gasteiger partial charge in [0.15, 0.2) is 0 Å². The largest absolute Gasteiger partial charge is 0.497 e. The first-order chi connectivity index (χ1) is 15.4. The van der Waals surface area contributed by atoms with Crippen LogP contribution in [-0.4, -0.2) is 25.8 Å². The summed E-state index contributed by atoms with van der Waals surface area (Å²) in [6, 6.07) is 7.68. The van der Waals surface area contributed by atoms with Crippen molar-refractivity contribution < 1.29 is 13.9 Å². The van der Waals surface area contributed by atoms with E-state index in [9.17, 15) is 4.79 Å². The highest BCUT2D eigenvalue weighted by molar-refractivity contribution is 6.31. The molecule has 1 amide bonds. The number of hydrogen-bond donors (Lipinski definition) is 2. The quantitative estimate of drug-likeness (QED) is 0.449. The van der Waals surface area contributed by atoms with E-state index in [1.165, 1.54) is 0 Å². The van der Waals surface area contributed by atoms with Gasteiger partial charge in [0.1, 0.15) is 23.1 Å². The van der Waals surface area contributed by atoms with Crippen molar-refractivity contribution in [2.24, 2.45) is 10.7 Å². The number of ether oxygens (including phenoxy) is 1. The Hall–Kier alpha value is -2.83. The maximum Gasteiger partial charge on any atom is 0.239 e. The standard InChI is InChI=1S/C25H32ClN3O3/c1-5-8-9-24(29-25(30)15-27)28-16-18(7-3)23-11-10-19(32-23)13-21-17(6-2)12-20(31-4)14-22(21)26/h7,9-12,14,16H,5-6,8,13,15,27H2,1-4H3,(H,29,30)/b18-7+,24-9-,28-16-. The number of hydrogen-bond acceptors (Lipinski definition) is 5. The van der Waals surface area contributed by atoms with Crippen molar-refractivity contribution in [1.82, 2.24) is 5.32 Å². The molecule has 6 nitrogen and oxygen atoms in total. The molecule has 0 unspecified atom stereocenters. The molecule has 2 aromatic rings. The summed E-state index contributed by atoms with van der Waals surface area (Å²) in [4.78, 5) is 16.1. The Bertz CT molecular complexity index is 1010. The molecule has 0 atom stereocenters. The fourth-order valence-electron chi connectivity index (χ4n) is 3.13. The van der Waals surface area contributed by atoms with Gasteiger partial charge in [0, 0.05) is 23.2 Å². The van der Waals surface area contributed by atoms with Crippen LogP contribution < -0.4 is 15.8 Å². The predicted molar refractivity (Wildman–Crippen MR) is 131 cm³/mol. The van der Waals surface area contributed by atoms with Crippen molar-refractivity contribution in [3.05, 3.63) is 69.9 Å². The number of carbonyl (C=O) groups excluding carboxylic acids is 1. The second kappa shape index (κ2) is 12.9. The van der Waals surface area contributed by atoms with Crippen LogP contribution in [0.1, 0.15) is 56.3 Å². The Kier molecular flexibility index (Phi) is 10.2. The SMILES string of the molecule is C\C=C(/C=N\C(=C\CCC)NC(=O)CN)c1ccc(Cc2c(Cl)cc(OC)cc2CC)o1. The van der Waals surface area contributed by atoms with Crippen molar-refractivity contribution in [2.75, 3.05) is 13.7 Å². The number of furan rings is 1. The Balaban J connectivity index is 2.23. The molecule has 0 aliphatic heterocycles. The van der Waals surface area contributed by atoms with Gasteiger partial charge in [-0.1, -0.05) is 37.9 Å². The molecule has 0 spiro atoms. The Morgan fingerprint density at radius 3 is 2.72 bits per heavy atom. The van der Waals surface area contributed by atoms with Crippen LogP contribution in [0.3, 0.4) is 0 Å². The Morgan fingerprint density at radius 2 is 2.09 bits per heavy atom. The van der Waals surface area contributed by atoms with Gasteiger partial charge in [-0.05, 0) is 61.2 Å². The van der Waals surface area contributed by atoms with Crippen molar-refractivity contribution in [3.63, 3.8) is 0 Å². The van der Waals surface area contributed by atoms with E-state index < -0.39 is 0 Å². The highest BCUT2D eigenvalue weighted by atomic mass is 35.5. The number of rotatable bonds is 11. The third kappa shape index (κ3) is 7.11. The minimum absolute atomic E-state index is 0.0926. The molecule has 0 saturated carbocycles. The lowest BCUT2D eigenvalue weighted by molar-refractivity contribution is -0.119. The molecule has 0 aliphatic rings. The van der Waals surface area contributed by atoms with Gasteiger partial charge in [0.25, 0.3) is 0 Å². The van der Waals surface area contributed by atoms with E-state index >= 15 is 0 Å². The number of nitrogens with zero attached hydrogens (tertiary/aromatic N) is 1. The van der Waals surface area contributed by atoms with Gasteiger partial charge in [-0.25, -0.2) is 4.99 Å². The normalized spacial score (nSPS) is 12.4. The number of nitrogens with one attached hydrogen (secondary N) is 1. The zero-order chi connectivity index (χ0) is 23.5. The minimum Gasteiger partial charge on any atom is -0.497 e. The second-order valence-electron chi connectivity index (χ2n) is 7.18. The van der Waals surface area contributed by atoms with Crippen LogP contribution in [-0.2, 0) is 17.6 Å². The molecule has 7 heteroatoms. The number of nitrogens with two attached hydrogens (primary N) is 1. The first-order valence-electron chi connectivity index (χ1n) is 10.8. The van der Waals surface area contributed by atoms with Gasteiger partial charge >= 0.3 is 0 Å². The molecule has 1 aromatic carbocycles. The Labute approximate surface area is 195 Å². The number of aliphatic imine (C=N–C) groups is 1. The van der Waals surface area contributed by atoms with E-state index in [0.717, 1.165) is 47.5 Å². The molecular formula is C25H32ClN3O3. The molecule has 32 heavy (non-hydrogen) atoms. The topological polar surface area (TPSA) is 89.9 Å². The summed E-state index contributed by atoms with van der Waals surface area (Å²) in [6.07, 6.45) is 8.63. The second-order valence-corrected chi connectivity index (χ2v) is 7.58. The number of halogens is 1. The molecule has 1 aromatic heterocycles. The van der Waals surface area contributed by atoms with Gasteiger partial charge in [0.05, 0.1) is 13.7 Å². The Morgan fingerprint density at radius 1 is 1.31 bits per heavy atom. The average molecular weight is 458 g/mol. The molecule has 172 valence electrons. The summed E-state index contributed by atoms with van der Waals surface area (Å²) in [5.74, 6) is 2.43. The zero-order valence-corrected chi connectivity index (χ0v) is 20.0. The number of unbranched alkanes of at least 4 members (excludes halogenated alkanes) is 1. The maximum atomic E-state index is 11.7. The number of methoxy groups -OCH3 is 1. The lowest BCUT2D eigenvalue weighted by Crippen LogP contribution is -2.29. The van der Waals surface area contributed by atoms with Gasteiger partial charge in [0.2, 0.25) is 5.91 Å². The van der Waals surface area contributed by atoms with Crippen LogP contribution in [0.4, 0.5) is 0 Å². The van der Waals surface area contributed by atoms with E-state index in [-0.39, 0.29) is 12.5 Å². The fourth-order valence-corrected chi connectivity index (χ4v) is 3.43. The van der Waals surface area contributed by atoms with E-state index in [1.54, 1.807) is 13.3 Å². The molecular weight excluding hydrogens is 426 g/mol. The lowest BCUT2D eigenvalue weighted by Gasteiger charge is -2.11. The maximum absolute atomic E-state index is 11.7. The first-order valence-corrected chi connectivity index (χ1v) is 11.2. The molecule has 3 N–H and O–H groups in total. The van der Waals surface area contributed by atoms with Crippen LogP contribution in [0.2, 0.25) is 5.02 Å². The number of aryl methyl sites for hydroxylation is 1. The summed E-state index contributed by atoms with van der Waals surface area (Å²) in [5, 5.41) is 3.38. The third-order valence-corrected chi connectivity index (χ3v) is 5.25. The van der Waals surface area contributed by atoms with Crippen LogP contribution in [0.15, 0.2) is 51.6 Å². The van der Waals surface area contributed by atoms with Crippen LogP contribution in [0.25, 0.3) is 5.57 Å². The van der Waals surface area contributed by atoms with Gasteiger partial charge in [-0.15, -0.1) is 0 Å². The van der Waals surface area contributed by atoms with E-state index in [4.69, 9.17) is 26.5 Å². The van der Waals surface area contributed by atoms with Crippen LogP contribution in [0.5, 0.6) is 5.75 Å². The van der Waals surface area contributed by atoms with E-state index in [0.29, 0.717) is 23.0 Å².